The molecule has 1 heterocycles. The van der Waals surface area contributed by atoms with Gasteiger partial charge in [0.2, 0.25) is 0 Å². The monoisotopic (exact) mass is 211 g/mol. The van der Waals surface area contributed by atoms with Crippen LogP contribution in [0.4, 0.5) is 0 Å². The van der Waals surface area contributed by atoms with Gasteiger partial charge in [0.05, 0.1) is 18.9 Å². The van der Waals surface area contributed by atoms with Crippen LogP contribution in [0.15, 0.2) is 22.8 Å². The Bertz CT molecular complexity index is 246. The highest BCUT2D eigenvalue weighted by molar-refractivity contribution is 5.04. The quantitative estimate of drug-likeness (QED) is 0.728. The molecule has 2 unspecified atom stereocenters. The first-order valence-corrected chi connectivity index (χ1v) is 5.72. The van der Waals surface area contributed by atoms with Crippen LogP contribution in [0.25, 0.3) is 0 Å². The summed E-state index contributed by atoms with van der Waals surface area (Å²) in [6.45, 7) is 4.41. The van der Waals surface area contributed by atoms with Crippen LogP contribution in [-0.2, 0) is 0 Å². The Balaban J connectivity index is 2.52. The van der Waals surface area contributed by atoms with E-state index in [2.05, 4.69) is 19.2 Å². The van der Waals surface area contributed by atoms with Gasteiger partial charge in [-0.1, -0.05) is 20.3 Å². The van der Waals surface area contributed by atoms with E-state index in [0.717, 1.165) is 25.0 Å². The van der Waals surface area contributed by atoms with E-state index in [1.54, 1.807) is 6.26 Å². The molecule has 0 amide bonds. The lowest BCUT2D eigenvalue weighted by molar-refractivity contribution is 0.211. The molecule has 2 atom stereocenters. The van der Waals surface area contributed by atoms with E-state index >= 15 is 0 Å². The average Bonchev–Trinajstić information content (AvgIpc) is 2.77. The molecule has 0 aliphatic heterocycles. The highest BCUT2D eigenvalue weighted by Gasteiger charge is 2.16. The smallest absolute Gasteiger partial charge is 0.123 e. The normalized spacial score (nSPS) is 15.1. The van der Waals surface area contributed by atoms with Gasteiger partial charge >= 0.3 is 0 Å². The minimum absolute atomic E-state index is 0.0727. The van der Waals surface area contributed by atoms with Crippen LogP contribution in [0.3, 0.4) is 0 Å². The van der Waals surface area contributed by atoms with Gasteiger partial charge in [0.15, 0.2) is 0 Å². The maximum Gasteiger partial charge on any atom is 0.123 e. The number of hydrogen-bond donors (Lipinski definition) is 2. The lowest BCUT2D eigenvalue weighted by Gasteiger charge is -2.21. The van der Waals surface area contributed by atoms with Gasteiger partial charge in [-0.3, -0.25) is 0 Å². The first-order chi connectivity index (χ1) is 7.31. The van der Waals surface area contributed by atoms with Gasteiger partial charge in [-0.2, -0.15) is 0 Å². The van der Waals surface area contributed by atoms with E-state index in [1.807, 2.05) is 12.1 Å². The van der Waals surface area contributed by atoms with Crippen molar-refractivity contribution in [2.24, 2.45) is 0 Å². The van der Waals surface area contributed by atoms with Gasteiger partial charge in [0.1, 0.15) is 5.76 Å². The van der Waals surface area contributed by atoms with Gasteiger partial charge in [-0.25, -0.2) is 0 Å². The molecular weight excluding hydrogens is 190 g/mol. The van der Waals surface area contributed by atoms with Crippen molar-refractivity contribution in [1.82, 2.24) is 5.32 Å². The second-order valence-electron chi connectivity index (χ2n) is 3.81. The summed E-state index contributed by atoms with van der Waals surface area (Å²) in [5.74, 6) is 0.812. The van der Waals surface area contributed by atoms with Crippen molar-refractivity contribution in [1.29, 1.82) is 0 Å². The Morgan fingerprint density at radius 2 is 2.27 bits per heavy atom. The molecule has 3 nitrogen and oxygen atoms in total. The predicted molar refractivity (Wildman–Crippen MR) is 60.7 cm³/mol. The molecule has 3 heteroatoms. The van der Waals surface area contributed by atoms with Crippen molar-refractivity contribution < 1.29 is 9.52 Å². The molecule has 0 aliphatic rings. The molecular formula is C12H21NO2. The van der Waals surface area contributed by atoms with Crippen molar-refractivity contribution in [2.45, 2.75) is 45.2 Å². The molecule has 0 spiro atoms. The molecule has 0 saturated heterocycles. The Labute approximate surface area is 91.5 Å². The Kier molecular flexibility index (Phi) is 5.43. The largest absolute Gasteiger partial charge is 0.468 e. The van der Waals surface area contributed by atoms with Crippen molar-refractivity contribution >= 4 is 0 Å². The van der Waals surface area contributed by atoms with E-state index in [9.17, 15) is 5.11 Å². The van der Waals surface area contributed by atoms with Gasteiger partial charge in [0.25, 0.3) is 0 Å². The first-order valence-electron chi connectivity index (χ1n) is 5.72. The first kappa shape index (κ1) is 12.3. The second kappa shape index (κ2) is 6.64. The van der Waals surface area contributed by atoms with Crippen molar-refractivity contribution in [3.05, 3.63) is 24.2 Å². The van der Waals surface area contributed by atoms with Crippen LogP contribution in [-0.4, -0.2) is 17.8 Å². The standard InChI is InChI=1S/C12H21NO2/c1-3-6-10(4-2)13-11(9-14)12-7-5-8-15-12/h5,7-8,10-11,13-14H,3-4,6,9H2,1-2H3. The molecule has 0 bridgehead atoms. The fraction of sp³-hybridized carbons (Fsp3) is 0.667. The molecule has 0 aliphatic carbocycles. The van der Waals surface area contributed by atoms with E-state index in [4.69, 9.17) is 4.42 Å². The summed E-state index contributed by atoms with van der Waals surface area (Å²) in [5.41, 5.74) is 0. The maximum atomic E-state index is 9.29. The summed E-state index contributed by atoms with van der Waals surface area (Å²) < 4.78 is 5.29. The zero-order valence-electron chi connectivity index (χ0n) is 9.57. The molecule has 0 radical (unpaired) electrons. The Morgan fingerprint density at radius 1 is 1.47 bits per heavy atom. The number of rotatable bonds is 7. The van der Waals surface area contributed by atoms with Crippen LogP contribution in [0, 0.1) is 0 Å². The van der Waals surface area contributed by atoms with Crippen LogP contribution in [0.1, 0.15) is 44.9 Å². The van der Waals surface area contributed by atoms with E-state index in [1.165, 1.54) is 0 Å². The van der Waals surface area contributed by atoms with E-state index in [0.29, 0.717) is 6.04 Å². The fourth-order valence-electron chi connectivity index (χ4n) is 1.75. The number of nitrogens with one attached hydrogen (secondary N) is 1. The summed E-state index contributed by atoms with van der Waals surface area (Å²) in [6, 6.07) is 4.13. The SMILES string of the molecule is CCCC(CC)NC(CO)c1ccco1. The third-order valence-electron chi connectivity index (χ3n) is 2.64. The zero-order chi connectivity index (χ0) is 11.1. The summed E-state index contributed by atoms with van der Waals surface area (Å²) >= 11 is 0. The molecule has 1 aromatic rings. The third-order valence-corrected chi connectivity index (χ3v) is 2.64. The summed E-state index contributed by atoms with van der Waals surface area (Å²) in [7, 11) is 0. The highest BCUT2D eigenvalue weighted by Crippen LogP contribution is 2.15. The number of aliphatic hydroxyl groups is 1. The summed E-state index contributed by atoms with van der Waals surface area (Å²) in [6.07, 6.45) is 5.00. The fourth-order valence-corrected chi connectivity index (χ4v) is 1.75. The predicted octanol–water partition coefficient (Wildman–Crippen LogP) is 2.48. The van der Waals surface area contributed by atoms with Crippen molar-refractivity contribution in [3.8, 4) is 0 Å². The lowest BCUT2D eigenvalue weighted by atomic mass is 10.1. The van der Waals surface area contributed by atoms with Crippen LogP contribution in [0.5, 0.6) is 0 Å². The molecule has 2 N–H and O–H groups in total. The van der Waals surface area contributed by atoms with Crippen molar-refractivity contribution in [3.63, 3.8) is 0 Å². The van der Waals surface area contributed by atoms with Crippen LogP contribution >= 0.6 is 0 Å². The van der Waals surface area contributed by atoms with Crippen LogP contribution in [0.2, 0.25) is 0 Å². The maximum absolute atomic E-state index is 9.29. The highest BCUT2D eigenvalue weighted by atomic mass is 16.3. The molecule has 0 saturated carbocycles. The lowest BCUT2D eigenvalue weighted by Crippen LogP contribution is -2.34. The molecule has 15 heavy (non-hydrogen) atoms. The minimum atomic E-state index is -0.0727. The number of aliphatic hydroxyl groups excluding tert-OH is 1. The summed E-state index contributed by atoms with van der Waals surface area (Å²) in [4.78, 5) is 0. The molecule has 1 rings (SSSR count). The van der Waals surface area contributed by atoms with Gasteiger partial charge in [-0.05, 0) is 25.0 Å². The van der Waals surface area contributed by atoms with Crippen LogP contribution < -0.4 is 5.32 Å². The van der Waals surface area contributed by atoms with Crippen molar-refractivity contribution in [2.75, 3.05) is 6.61 Å². The molecule has 0 aromatic carbocycles. The molecule has 1 aromatic heterocycles. The molecule has 86 valence electrons. The summed E-state index contributed by atoms with van der Waals surface area (Å²) in [5, 5.41) is 12.7. The number of hydrogen-bond acceptors (Lipinski definition) is 3. The average molecular weight is 211 g/mol. The van der Waals surface area contributed by atoms with E-state index < -0.39 is 0 Å². The Morgan fingerprint density at radius 3 is 2.73 bits per heavy atom. The number of furan rings is 1. The second-order valence-corrected chi connectivity index (χ2v) is 3.81. The minimum Gasteiger partial charge on any atom is -0.468 e. The Hall–Kier alpha value is -0.800. The van der Waals surface area contributed by atoms with Gasteiger partial charge < -0.3 is 14.8 Å². The van der Waals surface area contributed by atoms with E-state index in [-0.39, 0.29) is 12.6 Å². The van der Waals surface area contributed by atoms with Gasteiger partial charge in [-0.15, -0.1) is 0 Å². The topological polar surface area (TPSA) is 45.4 Å². The van der Waals surface area contributed by atoms with Gasteiger partial charge in [0, 0.05) is 6.04 Å². The third kappa shape index (κ3) is 3.68. The molecule has 0 fully saturated rings. The zero-order valence-corrected chi connectivity index (χ0v) is 9.57.